The summed E-state index contributed by atoms with van der Waals surface area (Å²) in [5.74, 6) is -1.54. The monoisotopic (exact) mass is 191 g/mol. The molecule has 0 amide bonds. The quantitative estimate of drug-likeness (QED) is 0.725. The molecule has 0 aromatic carbocycles. The van der Waals surface area contributed by atoms with Crippen LogP contribution >= 0.6 is 0 Å². The molecule has 7 heteroatoms. The van der Waals surface area contributed by atoms with Crippen LogP contribution in [0.4, 0.5) is 14.6 Å². The first-order valence-corrected chi connectivity index (χ1v) is 3.35. The maximum absolute atomic E-state index is 11.8. The third-order valence-corrected chi connectivity index (χ3v) is 1.35. The summed E-state index contributed by atoms with van der Waals surface area (Å²) < 4.78 is 24.4. The van der Waals surface area contributed by atoms with E-state index in [0.717, 1.165) is 10.9 Å². The molecular formula is C6H7F2N3O2. The molecule has 1 heterocycles. The van der Waals surface area contributed by atoms with E-state index in [1.165, 1.54) is 0 Å². The lowest BCUT2D eigenvalue weighted by molar-refractivity contribution is 0.0697. The Balaban J connectivity index is 2.89. The van der Waals surface area contributed by atoms with Crippen LogP contribution in [0, 0.1) is 0 Å². The maximum Gasteiger partial charge on any atom is 0.341 e. The van der Waals surface area contributed by atoms with Crippen LogP contribution in [-0.4, -0.2) is 27.3 Å². The number of carboxylic acid groups (broad SMARTS) is 1. The highest BCUT2D eigenvalue weighted by atomic mass is 19.3. The number of carbonyl (C=O) groups is 1. The standard InChI is InChI=1S/C6H7F2N3O2/c7-4(8)2-11-1-3(6(12)13)5(9)10-11/h1,4H,2H2,(H2,9,10)(H,12,13). The summed E-state index contributed by atoms with van der Waals surface area (Å²) in [6.45, 7) is -0.655. The Kier molecular flexibility index (Phi) is 2.45. The number of halogens is 2. The van der Waals surface area contributed by atoms with Crippen LogP contribution in [0.15, 0.2) is 6.20 Å². The molecule has 0 radical (unpaired) electrons. The van der Waals surface area contributed by atoms with Crippen molar-refractivity contribution < 1.29 is 18.7 Å². The highest BCUT2D eigenvalue weighted by molar-refractivity contribution is 5.92. The third-order valence-electron chi connectivity index (χ3n) is 1.35. The molecule has 0 spiro atoms. The molecule has 0 saturated carbocycles. The van der Waals surface area contributed by atoms with Gasteiger partial charge in [0.15, 0.2) is 5.82 Å². The molecular weight excluding hydrogens is 184 g/mol. The predicted molar refractivity (Wildman–Crippen MR) is 39.6 cm³/mol. The van der Waals surface area contributed by atoms with Crippen molar-refractivity contribution in [3.8, 4) is 0 Å². The number of hydrogen-bond acceptors (Lipinski definition) is 3. The smallest absolute Gasteiger partial charge is 0.341 e. The van der Waals surface area contributed by atoms with Gasteiger partial charge < -0.3 is 10.8 Å². The first kappa shape index (κ1) is 9.43. The van der Waals surface area contributed by atoms with Crippen molar-refractivity contribution in [1.29, 1.82) is 0 Å². The Hall–Kier alpha value is -1.66. The van der Waals surface area contributed by atoms with Crippen LogP contribution < -0.4 is 5.73 Å². The Labute approximate surface area is 71.8 Å². The van der Waals surface area contributed by atoms with Gasteiger partial charge >= 0.3 is 5.97 Å². The van der Waals surface area contributed by atoms with E-state index in [0.29, 0.717) is 0 Å². The van der Waals surface area contributed by atoms with Gasteiger partial charge in [0.25, 0.3) is 6.43 Å². The minimum atomic E-state index is -2.58. The number of rotatable bonds is 3. The predicted octanol–water partition coefficient (Wildman–Crippen LogP) is 0.429. The van der Waals surface area contributed by atoms with Crippen LogP contribution in [0.2, 0.25) is 0 Å². The van der Waals surface area contributed by atoms with Crippen molar-refractivity contribution in [1.82, 2.24) is 9.78 Å². The minimum Gasteiger partial charge on any atom is -0.477 e. The second-order valence-corrected chi connectivity index (χ2v) is 2.35. The Bertz CT molecular complexity index is 324. The zero-order valence-electron chi connectivity index (χ0n) is 6.44. The van der Waals surface area contributed by atoms with E-state index < -0.39 is 18.9 Å². The molecule has 1 aromatic rings. The molecule has 3 N–H and O–H groups in total. The van der Waals surface area contributed by atoms with Gasteiger partial charge in [-0.2, -0.15) is 5.10 Å². The van der Waals surface area contributed by atoms with Gasteiger partial charge in [0.1, 0.15) is 12.1 Å². The summed E-state index contributed by atoms with van der Waals surface area (Å²) in [5, 5.41) is 11.9. The van der Waals surface area contributed by atoms with E-state index in [1.54, 1.807) is 0 Å². The largest absolute Gasteiger partial charge is 0.477 e. The van der Waals surface area contributed by atoms with Gasteiger partial charge in [0, 0.05) is 6.20 Å². The molecule has 0 unspecified atom stereocenters. The van der Waals surface area contributed by atoms with Crippen LogP contribution in [0.1, 0.15) is 10.4 Å². The number of carboxylic acids is 1. The van der Waals surface area contributed by atoms with Crippen LogP contribution in [-0.2, 0) is 6.54 Å². The van der Waals surface area contributed by atoms with Gasteiger partial charge in [0.2, 0.25) is 0 Å². The molecule has 0 fully saturated rings. The van der Waals surface area contributed by atoms with E-state index >= 15 is 0 Å². The molecule has 0 aliphatic carbocycles. The zero-order valence-corrected chi connectivity index (χ0v) is 6.44. The molecule has 0 saturated heterocycles. The molecule has 0 aliphatic heterocycles. The highest BCUT2D eigenvalue weighted by Crippen LogP contribution is 2.09. The van der Waals surface area contributed by atoms with E-state index in [-0.39, 0.29) is 11.4 Å². The molecule has 0 aliphatic rings. The lowest BCUT2D eigenvalue weighted by Crippen LogP contribution is -2.07. The summed E-state index contributed by atoms with van der Waals surface area (Å²) >= 11 is 0. The fraction of sp³-hybridized carbons (Fsp3) is 0.333. The average molecular weight is 191 g/mol. The number of alkyl halides is 2. The van der Waals surface area contributed by atoms with Gasteiger partial charge in [-0.1, -0.05) is 0 Å². The first-order chi connectivity index (χ1) is 6.00. The van der Waals surface area contributed by atoms with Crippen molar-refractivity contribution in [3.05, 3.63) is 11.8 Å². The van der Waals surface area contributed by atoms with Crippen molar-refractivity contribution in [2.45, 2.75) is 13.0 Å². The first-order valence-electron chi connectivity index (χ1n) is 3.35. The Morgan fingerprint density at radius 2 is 2.38 bits per heavy atom. The van der Waals surface area contributed by atoms with E-state index in [4.69, 9.17) is 10.8 Å². The molecule has 1 aromatic heterocycles. The van der Waals surface area contributed by atoms with Crippen LogP contribution in [0.25, 0.3) is 0 Å². The normalized spacial score (nSPS) is 10.7. The fourth-order valence-electron chi connectivity index (χ4n) is 0.836. The summed E-state index contributed by atoms with van der Waals surface area (Å²) in [7, 11) is 0. The number of aromatic nitrogens is 2. The third kappa shape index (κ3) is 2.14. The second kappa shape index (κ2) is 3.38. The number of aromatic carboxylic acids is 1. The lowest BCUT2D eigenvalue weighted by Gasteiger charge is -1.96. The average Bonchev–Trinajstić information content (AvgIpc) is 2.29. The van der Waals surface area contributed by atoms with Crippen LogP contribution in [0.5, 0.6) is 0 Å². The Morgan fingerprint density at radius 1 is 1.77 bits per heavy atom. The topological polar surface area (TPSA) is 81.1 Å². The van der Waals surface area contributed by atoms with E-state index in [2.05, 4.69) is 5.10 Å². The van der Waals surface area contributed by atoms with Crippen molar-refractivity contribution in [3.63, 3.8) is 0 Å². The van der Waals surface area contributed by atoms with Gasteiger partial charge in [-0.3, -0.25) is 4.68 Å². The summed E-state index contributed by atoms with van der Waals surface area (Å²) in [4.78, 5) is 10.4. The van der Waals surface area contributed by atoms with E-state index in [1.807, 2.05) is 0 Å². The fourth-order valence-corrected chi connectivity index (χ4v) is 0.836. The molecule has 72 valence electrons. The van der Waals surface area contributed by atoms with E-state index in [9.17, 15) is 13.6 Å². The van der Waals surface area contributed by atoms with Crippen molar-refractivity contribution >= 4 is 11.8 Å². The van der Waals surface area contributed by atoms with Gasteiger partial charge in [0.05, 0.1) is 0 Å². The zero-order chi connectivity index (χ0) is 10.0. The van der Waals surface area contributed by atoms with Gasteiger partial charge in [-0.05, 0) is 0 Å². The number of anilines is 1. The molecule has 0 bridgehead atoms. The maximum atomic E-state index is 11.8. The SMILES string of the molecule is Nc1nn(CC(F)F)cc1C(=O)O. The molecule has 0 atom stereocenters. The summed E-state index contributed by atoms with van der Waals surface area (Å²) in [6.07, 6.45) is -1.61. The van der Waals surface area contributed by atoms with Crippen molar-refractivity contribution in [2.75, 3.05) is 5.73 Å². The summed E-state index contributed by atoms with van der Waals surface area (Å²) in [6, 6.07) is 0. The molecule has 1 rings (SSSR count). The van der Waals surface area contributed by atoms with Gasteiger partial charge in [-0.25, -0.2) is 13.6 Å². The van der Waals surface area contributed by atoms with Crippen molar-refractivity contribution in [2.24, 2.45) is 0 Å². The van der Waals surface area contributed by atoms with Gasteiger partial charge in [-0.15, -0.1) is 0 Å². The highest BCUT2D eigenvalue weighted by Gasteiger charge is 2.14. The summed E-state index contributed by atoms with van der Waals surface area (Å²) in [5.41, 5.74) is 4.90. The molecule has 5 nitrogen and oxygen atoms in total. The molecule has 13 heavy (non-hydrogen) atoms. The minimum absolute atomic E-state index is 0.256. The number of hydrogen-bond donors (Lipinski definition) is 2. The number of nitrogens with two attached hydrogens (primary N) is 1. The number of nitrogens with zero attached hydrogens (tertiary/aromatic N) is 2. The number of nitrogen functional groups attached to an aromatic ring is 1. The van der Waals surface area contributed by atoms with Crippen LogP contribution in [0.3, 0.4) is 0 Å². The second-order valence-electron chi connectivity index (χ2n) is 2.35. The Morgan fingerprint density at radius 3 is 2.77 bits per heavy atom. The lowest BCUT2D eigenvalue weighted by atomic mass is 10.3.